The zero-order chi connectivity index (χ0) is 25.8. The summed E-state index contributed by atoms with van der Waals surface area (Å²) < 4.78 is 25.0. The van der Waals surface area contributed by atoms with E-state index in [4.69, 9.17) is 11.6 Å². The fraction of sp³-hybridized carbons (Fsp3) is 0.269. The smallest absolute Gasteiger partial charge is 0.125 e. The molecule has 1 atom stereocenters. The van der Waals surface area contributed by atoms with Gasteiger partial charge in [0.15, 0.2) is 0 Å². The SMILES string of the molecule is [2H][C@@](Nc1cc(Cl)c2ncc(C#N)c(NC3(C#N)CC3)c2c1)(c1ccc(F)cc1)c1cn(C2CC2)nn1. The molecule has 0 amide bonds. The first-order valence-electron chi connectivity index (χ1n) is 12.0. The summed E-state index contributed by atoms with van der Waals surface area (Å²) in [6, 6.07) is 12.1. The monoisotopic (exact) mass is 499 g/mol. The van der Waals surface area contributed by atoms with Crippen LogP contribution in [-0.4, -0.2) is 25.5 Å². The van der Waals surface area contributed by atoms with Crippen LogP contribution >= 0.6 is 11.6 Å². The standard InChI is InChI=1S/C26H20ClFN8/c27-21-10-18(9-20-23(33-26(14-30)7-8-26)16(11-29)12-31-25(20)21)32-24(15-1-3-17(28)4-2-15)22-13-36(35-34-22)19-5-6-19/h1-4,9-10,12-13,19,24,32H,5-8H2,(H,31,33)/t24-/m1/s1/i24D. The fourth-order valence-electron chi connectivity index (χ4n) is 4.13. The van der Waals surface area contributed by atoms with E-state index in [0.29, 0.717) is 51.4 Å². The molecule has 2 aliphatic rings. The maximum Gasteiger partial charge on any atom is 0.125 e. The predicted molar refractivity (Wildman–Crippen MR) is 133 cm³/mol. The summed E-state index contributed by atoms with van der Waals surface area (Å²) in [5, 5.41) is 35.1. The van der Waals surface area contributed by atoms with Crippen molar-refractivity contribution < 1.29 is 5.76 Å². The first-order valence-corrected chi connectivity index (χ1v) is 11.9. The van der Waals surface area contributed by atoms with Gasteiger partial charge in [-0.25, -0.2) is 9.07 Å². The van der Waals surface area contributed by atoms with Gasteiger partial charge in [0, 0.05) is 17.3 Å². The Balaban J connectivity index is 1.48. The van der Waals surface area contributed by atoms with Crippen LogP contribution in [0.15, 0.2) is 48.8 Å². The number of aromatic nitrogens is 4. The van der Waals surface area contributed by atoms with E-state index in [1.165, 1.54) is 30.5 Å². The van der Waals surface area contributed by atoms with Crippen molar-refractivity contribution in [2.45, 2.75) is 43.3 Å². The summed E-state index contributed by atoms with van der Waals surface area (Å²) >= 11 is 6.62. The maximum absolute atomic E-state index is 13.7. The van der Waals surface area contributed by atoms with E-state index in [9.17, 15) is 16.3 Å². The van der Waals surface area contributed by atoms with E-state index in [1.54, 1.807) is 23.0 Å². The number of fused-ring (bicyclic) bond motifs is 1. The van der Waals surface area contributed by atoms with Crippen LogP contribution in [0, 0.1) is 28.5 Å². The van der Waals surface area contributed by atoms with Crippen LogP contribution in [0.25, 0.3) is 10.9 Å². The Morgan fingerprint density at radius 1 is 1.22 bits per heavy atom. The Morgan fingerprint density at radius 3 is 2.67 bits per heavy atom. The van der Waals surface area contributed by atoms with Gasteiger partial charge in [-0.3, -0.25) is 4.98 Å². The highest BCUT2D eigenvalue weighted by molar-refractivity contribution is 6.35. The topological polar surface area (TPSA) is 115 Å². The zero-order valence-corrected chi connectivity index (χ0v) is 19.7. The second-order valence-electron chi connectivity index (χ2n) is 9.15. The molecular formula is C26H20ClFN8. The number of halogens is 2. The van der Waals surface area contributed by atoms with Gasteiger partial charge in [-0.05, 0) is 55.5 Å². The molecule has 0 spiro atoms. The number of pyridine rings is 1. The van der Waals surface area contributed by atoms with Gasteiger partial charge in [0.1, 0.15) is 23.1 Å². The lowest BCUT2D eigenvalue weighted by molar-refractivity contribution is 0.610. The molecule has 0 bridgehead atoms. The normalized spacial score (nSPS) is 17.9. The summed E-state index contributed by atoms with van der Waals surface area (Å²) in [5.74, 6) is -0.418. The number of anilines is 2. The van der Waals surface area contributed by atoms with Crippen LogP contribution in [0.1, 0.15) is 55.9 Å². The minimum Gasteiger partial charge on any atom is -0.373 e. The molecule has 36 heavy (non-hydrogen) atoms. The van der Waals surface area contributed by atoms with Gasteiger partial charge >= 0.3 is 0 Å². The minimum absolute atomic E-state index is 0.271. The second-order valence-corrected chi connectivity index (χ2v) is 9.56. The third-order valence-corrected chi connectivity index (χ3v) is 6.75. The highest BCUT2D eigenvalue weighted by atomic mass is 35.5. The van der Waals surface area contributed by atoms with Gasteiger partial charge in [-0.15, -0.1) is 5.10 Å². The number of benzene rings is 2. The molecule has 0 unspecified atom stereocenters. The van der Waals surface area contributed by atoms with Crippen molar-refractivity contribution in [2.24, 2.45) is 0 Å². The summed E-state index contributed by atoms with van der Waals surface area (Å²) in [6.07, 6.45) is 6.51. The summed E-state index contributed by atoms with van der Waals surface area (Å²) in [7, 11) is 0. The molecular weight excluding hydrogens is 479 g/mol. The number of hydrogen-bond donors (Lipinski definition) is 2. The summed E-state index contributed by atoms with van der Waals surface area (Å²) in [5.41, 5.74) is 1.73. The van der Waals surface area contributed by atoms with Gasteiger partial charge in [0.05, 0.1) is 47.5 Å². The summed E-state index contributed by atoms with van der Waals surface area (Å²) in [6.45, 7) is 0. The van der Waals surface area contributed by atoms with Crippen molar-refractivity contribution in [2.75, 3.05) is 10.6 Å². The average molecular weight is 500 g/mol. The average Bonchev–Trinajstić information content (AvgIpc) is 3.83. The number of nitrogens with one attached hydrogen (secondary N) is 2. The molecule has 2 saturated carbocycles. The lowest BCUT2D eigenvalue weighted by Crippen LogP contribution is -2.19. The molecule has 0 saturated heterocycles. The Kier molecular flexibility index (Phi) is 4.97. The van der Waals surface area contributed by atoms with Crippen LogP contribution in [-0.2, 0) is 0 Å². The maximum atomic E-state index is 13.7. The molecule has 178 valence electrons. The van der Waals surface area contributed by atoms with Crippen LogP contribution < -0.4 is 10.6 Å². The van der Waals surface area contributed by atoms with E-state index in [2.05, 4.69) is 38.1 Å². The van der Waals surface area contributed by atoms with Crippen LogP contribution in [0.2, 0.25) is 5.02 Å². The fourth-order valence-corrected chi connectivity index (χ4v) is 4.40. The molecule has 2 N–H and O–H groups in total. The van der Waals surface area contributed by atoms with Crippen molar-refractivity contribution in [3.63, 3.8) is 0 Å². The van der Waals surface area contributed by atoms with E-state index in [0.717, 1.165) is 12.8 Å². The molecule has 2 heterocycles. The highest BCUT2D eigenvalue weighted by Gasteiger charge is 2.44. The van der Waals surface area contributed by atoms with Crippen molar-refractivity contribution in [3.8, 4) is 12.1 Å². The van der Waals surface area contributed by atoms with E-state index in [-0.39, 0.29) is 11.6 Å². The van der Waals surface area contributed by atoms with Crippen LogP contribution in [0.5, 0.6) is 0 Å². The van der Waals surface area contributed by atoms with Crippen molar-refractivity contribution in [1.82, 2.24) is 20.0 Å². The number of nitriles is 2. The Labute approximate surface area is 212 Å². The lowest BCUT2D eigenvalue weighted by Gasteiger charge is -2.20. The van der Waals surface area contributed by atoms with Crippen LogP contribution in [0.3, 0.4) is 0 Å². The lowest BCUT2D eigenvalue weighted by atomic mass is 10.0. The Hall–Kier alpha value is -4.21. The summed E-state index contributed by atoms with van der Waals surface area (Å²) in [4.78, 5) is 4.36. The van der Waals surface area contributed by atoms with Gasteiger partial charge in [0.25, 0.3) is 0 Å². The molecule has 0 radical (unpaired) electrons. The molecule has 2 aliphatic carbocycles. The van der Waals surface area contributed by atoms with E-state index in [1.807, 2.05) is 0 Å². The Morgan fingerprint density at radius 2 is 2.00 bits per heavy atom. The number of rotatable bonds is 7. The second kappa shape index (κ2) is 8.47. The largest absolute Gasteiger partial charge is 0.373 e. The van der Waals surface area contributed by atoms with Crippen LogP contribution in [0.4, 0.5) is 15.8 Å². The Bertz CT molecular complexity index is 1610. The molecule has 2 aromatic heterocycles. The van der Waals surface area contributed by atoms with Gasteiger partial charge in [-0.1, -0.05) is 28.9 Å². The molecule has 6 rings (SSSR count). The minimum atomic E-state index is -1.63. The van der Waals surface area contributed by atoms with Crippen molar-refractivity contribution in [1.29, 1.82) is 10.5 Å². The molecule has 2 aromatic carbocycles. The van der Waals surface area contributed by atoms with Gasteiger partial charge < -0.3 is 10.6 Å². The molecule has 10 heteroatoms. The van der Waals surface area contributed by atoms with E-state index >= 15 is 0 Å². The number of nitrogens with zero attached hydrogens (tertiary/aromatic N) is 6. The quantitative estimate of drug-likeness (QED) is 0.345. The van der Waals surface area contributed by atoms with Crippen molar-refractivity contribution in [3.05, 3.63) is 76.5 Å². The first-order chi connectivity index (χ1) is 17.8. The van der Waals surface area contributed by atoms with E-state index < -0.39 is 17.4 Å². The third kappa shape index (κ3) is 4.08. The van der Waals surface area contributed by atoms with Gasteiger partial charge in [0.2, 0.25) is 0 Å². The molecule has 0 aliphatic heterocycles. The number of hydrogen-bond acceptors (Lipinski definition) is 7. The molecule has 4 aromatic rings. The zero-order valence-electron chi connectivity index (χ0n) is 20.0. The highest BCUT2D eigenvalue weighted by Crippen LogP contribution is 2.42. The predicted octanol–water partition coefficient (Wildman–Crippen LogP) is 5.49. The third-order valence-electron chi connectivity index (χ3n) is 6.46. The molecule has 2 fully saturated rings. The molecule has 8 nitrogen and oxygen atoms in total. The first kappa shape index (κ1) is 21.1. The van der Waals surface area contributed by atoms with Crippen molar-refractivity contribution >= 4 is 33.9 Å². The van der Waals surface area contributed by atoms with Gasteiger partial charge in [-0.2, -0.15) is 10.5 Å².